The summed E-state index contributed by atoms with van der Waals surface area (Å²) in [6.07, 6.45) is 2.32. The predicted molar refractivity (Wildman–Crippen MR) is 110 cm³/mol. The lowest BCUT2D eigenvalue weighted by molar-refractivity contribution is -0.144. The molecule has 0 saturated carbocycles. The van der Waals surface area contributed by atoms with Gasteiger partial charge in [0.1, 0.15) is 5.75 Å². The summed E-state index contributed by atoms with van der Waals surface area (Å²) in [4.78, 5) is 24.5. The first-order valence-electron chi connectivity index (χ1n) is 10.0. The average molecular weight is 399 g/mol. The Balaban J connectivity index is 1.52. The molecular formula is C23H29NO5. The van der Waals surface area contributed by atoms with Crippen molar-refractivity contribution in [2.45, 2.75) is 53.2 Å². The van der Waals surface area contributed by atoms with Crippen LogP contribution in [0.15, 0.2) is 24.3 Å². The SMILES string of the molecule is Cc1ccc(OCC(=O)OCC(=O)c2cc(C)n(C[C@@H]3CCCO3)c2C)cc1C. The molecule has 1 aromatic carbocycles. The van der Waals surface area contributed by atoms with Crippen LogP contribution in [0.25, 0.3) is 0 Å². The molecule has 1 aliphatic heterocycles. The fourth-order valence-corrected chi connectivity index (χ4v) is 3.57. The minimum Gasteiger partial charge on any atom is -0.482 e. The average Bonchev–Trinajstić information content (AvgIpc) is 3.31. The van der Waals surface area contributed by atoms with E-state index in [0.29, 0.717) is 11.3 Å². The van der Waals surface area contributed by atoms with E-state index in [4.69, 9.17) is 14.2 Å². The van der Waals surface area contributed by atoms with Gasteiger partial charge >= 0.3 is 5.97 Å². The molecule has 6 heteroatoms. The van der Waals surface area contributed by atoms with Crippen LogP contribution in [-0.4, -0.2) is 42.2 Å². The third kappa shape index (κ3) is 5.26. The number of ketones is 1. The molecule has 3 rings (SSSR count). The van der Waals surface area contributed by atoms with E-state index in [0.717, 1.165) is 48.5 Å². The van der Waals surface area contributed by atoms with Gasteiger partial charge in [-0.25, -0.2) is 4.79 Å². The number of aryl methyl sites for hydroxylation is 3. The number of aromatic nitrogens is 1. The maximum atomic E-state index is 12.6. The topological polar surface area (TPSA) is 66.8 Å². The van der Waals surface area contributed by atoms with Gasteiger partial charge in [-0.15, -0.1) is 0 Å². The summed E-state index contributed by atoms with van der Waals surface area (Å²) in [6.45, 7) is 8.91. The number of ether oxygens (including phenoxy) is 3. The minimum atomic E-state index is -0.565. The summed E-state index contributed by atoms with van der Waals surface area (Å²) in [7, 11) is 0. The minimum absolute atomic E-state index is 0.197. The van der Waals surface area contributed by atoms with Crippen molar-refractivity contribution in [2.24, 2.45) is 0 Å². The van der Waals surface area contributed by atoms with Gasteiger partial charge in [-0.1, -0.05) is 6.07 Å². The van der Waals surface area contributed by atoms with Gasteiger partial charge in [-0.3, -0.25) is 4.79 Å². The summed E-state index contributed by atoms with van der Waals surface area (Å²) in [6, 6.07) is 7.47. The van der Waals surface area contributed by atoms with E-state index >= 15 is 0 Å². The first kappa shape index (κ1) is 21.1. The van der Waals surface area contributed by atoms with Crippen LogP contribution in [0.5, 0.6) is 5.75 Å². The van der Waals surface area contributed by atoms with Gasteiger partial charge in [-0.2, -0.15) is 0 Å². The highest BCUT2D eigenvalue weighted by Gasteiger charge is 2.21. The molecule has 1 aromatic heterocycles. The second-order valence-corrected chi connectivity index (χ2v) is 7.65. The Morgan fingerprint density at radius 2 is 1.90 bits per heavy atom. The van der Waals surface area contributed by atoms with E-state index in [1.54, 1.807) is 0 Å². The Hall–Kier alpha value is -2.60. The van der Waals surface area contributed by atoms with Crippen LogP contribution in [0.1, 0.15) is 45.7 Å². The second kappa shape index (κ2) is 9.27. The number of carbonyl (C=O) groups is 2. The molecule has 1 atom stereocenters. The third-order valence-corrected chi connectivity index (χ3v) is 5.48. The van der Waals surface area contributed by atoms with E-state index in [9.17, 15) is 9.59 Å². The van der Waals surface area contributed by atoms with Crippen LogP contribution >= 0.6 is 0 Å². The number of esters is 1. The number of nitrogens with zero attached hydrogens (tertiary/aromatic N) is 1. The van der Waals surface area contributed by atoms with Crippen molar-refractivity contribution >= 4 is 11.8 Å². The monoisotopic (exact) mass is 399 g/mol. The Kier molecular flexibility index (Phi) is 6.75. The third-order valence-electron chi connectivity index (χ3n) is 5.48. The van der Waals surface area contributed by atoms with Gasteiger partial charge < -0.3 is 18.8 Å². The Bertz CT molecular complexity index is 893. The number of hydrogen-bond acceptors (Lipinski definition) is 5. The van der Waals surface area contributed by atoms with E-state index < -0.39 is 5.97 Å². The number of rotatable bonds is 8. The van der Waals surface area contributed by atoms with Gasteiger partial charge in [0.15, 0.2) is 13.2 Å². The largest absolute Gasteiger partial charge is 0.482 e. The van der Waals surface area contributed by atoms with Crippen molar-refractivity contribution in [1.82, 2.24) is 4.57 Å². The van der Waals surface area contributed by atoms with Crippen LogP contribution in [0, 0.1) is 27.7 Å². The number of Topliss-reactive ketones (excluding diaryl/α,β-unsaturated/α-hetero) is 1. The van der Waals surface area contributed by atoms with E-state index in [-0.39, 0.29) is 25.1 Å². The van der Waals surface area contributed by atoms with Crippen molar-refractivity contribution in [1.29, 1.82) is 0 Å². The van der Waals surface area contributed by atoms with E-state index in [1.165, 1.54) is 0 Å². The van der Waals surface area contributed by atoms with E-state index in [1.807, 2.05) is 52.0 Å². The van der Waals surface area contributed by atoms with Crippen molar-refractivity contribution in [2.75, 3.05) is 19.8 Å². The first-order chi connectivity index (χ1) is 13.8. The zero-order chi connectivity index (χ0) is 21.0. The van der Waals surface area contributed by atoms with Gasteiger partial charge in [0.25, 0.3) is 0 Å². The van der Waals surface area contributed by atoms with Crippen molar-refractivity contribution < 1.29 is 23.8 Å². The van der Waals surface area contributed by atoms with Crippen molar-refractivity contribution in [3.63, 3.8) is 0 Å². The standard InChI is InChI=1S/C23H29NO5/c1-15-7-8-19(10-16(15)2)28-14-23(26)29-13-22(25)21-11-17(3)24(18(21)4)12-20-6-5-9-27-20/h7-8,10-11,20H,5-6,9,12-14H2,1-4H3/t20-/m0/s1. The molecule has 29 heavy (non-hydrogen) atoms. The molecule has 1 fully saturated rings. The van der Waals surface area contributed by atoms with Gasteiger partial charge in [-0.05, 0) is 69.9 Å². The molecule has 0 aliphatic carbocycles. The summed E-state index contributed by atoms with van der Waals surface area (Å²) in [5, 5.41) is 0. The molecule has 6 nitrogen and oxygen atoms in total. The molecule has 2 aromatic rings. The normalized spacial score (nSPS) is 16.1. The van der Waals surface area contributed by atoms with Gasteiger partial charge in [0.05, 0.1) is 6.10 Å². The van der Waals surface area contributed by atoms with Crippen LogP contribution in [0.4, 0.5) is 0 Å². The first-order valence-corrected chi connectivity index (χ1v) is 10.0. The fraction of sp³-hybridized carbons (Fsp3) is 0.478. The highest BCUT2D eigenvalue weighted by Crippen LogP contribution is 2.21. The highest BCUT2D eigenvalue weighted by atomic mass is 16.6. The van der Waals surface area contributed by atoms with Crippen LogP contribution in [-0.2, 0) is 20.8 Å². The quantitative estimate of drug-likeness (QED) is 0.500. The van der Waals surface area contributed by atoms with Gasteiger partial charge in [0.2, 0.25) is 5.78 Å². The molecule has 2 heterocycles. The number of carbonyl (C=O) groups excluding carboxylic acids is 2. The fourth-order valence-electron chi connectivity index (χ4n) is 3.57. The Morgan fingerprint density at radius 3 is 2.59 bits per heavy atom. The second-order valence-electron chi connectivity index (χ2n) is 7.65. The molecular weight excluding hydrogens is 370 g/mol. The molecule has 0 unspecified atom stereocenters. The maximum Gasteiger partial charge on any atom is 0.344 e. The number of benzene rings is 1. The molecule has 0 spiro atoms. The van der Waals surface area contributed by atoms with Crippen molar-refractivity contribution in [3.05, 3.63) is 52.3 Å². The van der Waals surface area contributed by atoms with Gasteiger partial charge in [0, 0.05) is 30.1 Å². The smallest absolute Gasteiger partial charge is 0.344 e. The maximum absolute atomic E-state index is 12.6. The summed E-state index contributed by atoms with van der Waals surface area (Å²) in [5.41, 5.74) is 4.71. The molecule has 0 bridgehead atoms. The summed E-state index contributed by atoms with van der Waals surface area (Å²) >= 11 is 0. The molecule has 156 valence electrons. The zero-order valence-electron chi connectivity index (χ0n) is 17.6. The Labute approximate surface area is 171 Å². The molecule has 0 N–H and O–H groups in total. The molecule has 1 aliphatic rings. The highest BCUT2D eigenvalue weighted by molar-refractivity contribution is 5.99. The van der Waals surface area contributed by atoms with E-state index in [2.05, 4.69) is 4.57 Å². The lowest BCUT2D eigenvalue weighted by Gasteiger charge is -2.14. The Morgan fingerprint density at radius 1 is 1.10 bits per heavy atom. The lowest BCUT2D eigenvalue weighted by atomic mass is 10.1. The summed E-state index contributed by atoms with van der Waals surface area (Å²) < 4.78 is 18.4. The molecule has 1 saturated heterocycles. The molecule has 0 amide bonds. The summed E-state index contributed by atoms with van der Waals surface area (Å²) in [5.74, 6) is -0.171. The molecule has 0 radical (unpaired) electrons. The lowest BCUT2D eigenvalue weighted by Crippen LogP contribution is -2.20. The van der Waals surface area contributed by atoms with Crippen molar-refractivity contribution in [3.8, 4) is 5.75 Å². The van der Waals surface area contributed by atoms with Crippen LogP contribution in [0.3, 0.4) is 0 Å². The van der Waals surface area contributed by atoms with Crippen LogP contribution < -0.4 is 4.74 Å². The van der Waals surface area contributed by atoms with Crippen LogP contribution in [0.2, 0.25) is 0 Å². The zero-order valence-corrected chi connectivity index (χ0v) is 17.6. The predicted octanol–water partition coefficient (Wildman–Crippen LogP) is 3.71. The number of hydrogen-bond donors (Lipinski definition) is 0.